The second kappa shape index (κ2) is 46.1. The Bertz CT molecular complexity index is 828. The molecule has 6 heteroatoms. The molecule has 0 heterocycles. The van der Waals surface area contributed by atoms with Crippen LogP contribution in [0.3, 0.4) is 0 Å². The van der Waals surface area contributed by atoms with Crippen molar-refractivity contribution in [3.8, 4) is 0 Å². The monoisotopic (exact) mass is 793 g/mol. The van der Waals surface area contributed by atoms with E-state index >= 15 is 0 Å². The molecule has 0 saturated carbocycles. The van der Waals surface area contributed by atoms with Gasteiger partial charge in [0.05, 0.1) is 0 Å². The molecule has 0 aliphatic heterocycles. The van der Waals surface area contributed by atoms with Crippen molar-refractivity contribution >= 4 is 17.9 Å². The fraction of sp³-hybridized carbons (Fsp3) is 0.940. The summed E-state index contributed by atoms with van der Waals surface area (Å²) in [5.41, 5.74) is 0. The van der Waals surface area contributed by atoms with E-state index in [1.165, 1.54) is 186 Å². The largest absolute Gasteiger partial charge is 0.462 e. The van der Waals surface area contributed by atoms with E-state index in [0.29, 0.717) is 19.3 Å². The van der Waals surface area contributed by atoms with Gasteiger partial charge < -0.3 is 14.2 Å². The summed E-state index contributed by atoms with van der Waals surface area (Å²) in [5, 5.41) is 0. The molecule has 0 radical (unpaired) electrons. The third-order valence-electron chi connectivity index (χ3n) is 11.4. The molecular formula is C50H96O6. The molecule has 0 rings (SSSR count). The van der Waals surface area contributed by atoms with E-state index in [1.54, 1.807) is 0 Å². The molecule has 0 aromatic rings. The van der Waals surface area contributed by atoms with Crippen LogP contribution in [0.1, 0.15) is 284 Å². The smallest absolute Gasteiger partial charge is 0.306 e. The molecule has 0 aliphatic rings. The van der Waals surface area contributed by atoms with Gasteiger partial charge >= 0.3 is 17.9 Å². The molecule has 0 amide bonds. The molecule has 0 N–H and O–H groups in total. The average Bonchev–Trinajstić information content (AvgIpc) is 3.19. The quantitative estimate of drug-likeness (QED) is 0.0347. The van der Waals surface area contributed by atoms with E-state index in [0.717, 1.165) is 57.8 Å². The van der Waals surface area contributed by atoms with Gasteiger partial charge in [-0.25, -0.2) is 0 Å². The van der Waals surface area contributed by atoms with Crippen molar-refractivity contribution in [3.63, 3.8) is 0 Å². The summed E-state index contributed by atoms with van der Waals surface area (Å²) < 4.78 is 16.7. The van der Waals surface area contributed by atoms with Crippen LogP contribution in [0.25, 0.3) is 0 Å². The van der Waals surface area contributed by atoms with Gasteiger partial charge in [0, 0.05) is 19.3 Å². The van der Waals surface area contributed by atoms with Crippen LogP contribution >= 0.6 is 0 Å². The van der Waals surface area contributed by atoms with Crippen molar-refractivity contribution in [2.45, 2.75) is 290 Å². The van der Waals surface area contributed by atoms with Crippen LogP contribution in [0, 0.1) is 0 Å². The Balaban J connectivity index is 4.13. The fourth-order valence-corrected chi connectivity index (χ4v) is 7.56. The maximum absolute atomic E-state index is 12.6. The van der Waals surface area contributed by atoms with Crippen LogP contribution in [0.5, 0.6) is 0 Å². The Morgan fingerprint density at radius 1 is 0.286 bits per heavy atom. The molecule has 0 aliphatic carbocycles. The van der Waals surface area contributed by atoms with E-state index in [2.05, 4.69) is 20.8 Å². The molecule has 0 bridgehead atoms. The van der Waals surface area contributed by atoms with Crippen molar-refractivity contribution in [2.75, 3.05) is 13.2 Å². The Morgan fingerprint density at radius 2 is 0.482 bits per heavy atom. The zero-order valence-corrected chi connectivity index (χ0v) is 37.9. The molecule has 1 atom stereocenters. The van der Waals surface area contributed by atoms with Crippen molar-refractivity contribution < 1.29 is 28.6 Å². The number of carbonyl (C=O) groups is 3. The molecule has 0 saturated heterocycles. The second-order valence-electron chi connectivity index (χ2n) is 17.1. The van der Waals surface area contributed by atoms with Gasteiger partial charge in [-0.05, 0) is 19.3 Å². The van der Waals surface area contributed by atoms with Crippen molar-refractivity contribution in [3.05, 3.63) is 0 Å². The predicted octanol–water partition coefficient (Wildman–Crippen LogP) is 16.0. The number of esters is 3. The van der Waals surface area contributed by atoms with Gasteiger partial charge in [-0.3, -0.25) is 14.4 Å². The second-order valence-corrected chi connectivity index (χ2v) is 17.1. The van der Waals surface area contributed by atoms with Crippen molar-refractivity contribution in [1.29, 1.82) is 0 Å². The number of rotatable bonds is 46. The first-order valence-electron chi connectivity index (χ1n) is 25.0. The number of hydrogen-bond acceptors (Lipinski definition) is 6. The summed E-state index contributed by atoms with van der Waals surface area (Å²) in [6.45, 7) is 6.63. The van der Waals surface area contributed by atoms with E-state index in [4.69, 9.17) is 14.2 Å². The molecule has 0 spiro atoms. The average molecular weight is 793 g/mol. The first-order chi connectivity index (χ1) is 27.5. The zero-order valence-electron chi connectivity index (χ0n) is 37.9. The lowest BCUT2D eigenvalue weighted by molar-refractivity contribution is -0.167. The third-order valence-corrected chi connectivity index (χ3v) is 11.4. The molecular weight excluding hydrogens is 697 g/mol. The summed E-state index contributed by atoms with van der Waals surface area (Å²) in [5.74, 6) is -0.853. The SMILES string of the molecule is CCCCCCCCCCCCCCCCCCCCCC(=O)OC[C@@H](COC(=O)CCCCCCCCCCCCCC)OC(=O)CCCCCCCCC. The van der Waals surface area contributed by atoms with E-state index in [-0.39, 0.29) is 31.1 Å². The van der Waals surface area contributed by atoms with Crippen LogP contribution in [-0.2, 0) is 28.6 Å². The standard InChI is InChI=1S/C50H96O6/c1-4-7-10-13-16-18-20-22-23-24-25-26-27-28-30-32-35-37-40-43-49(52)55-46-47(56-50(53)44-41-38-33-15-12-9-6-3)45-54-48(51)42-39-36-34-31-29-21-19-17-14-11-8-5-2/h47H,4-46H2,1-3H3/t47-/m1/s1. The van der Waals surface area contributed by atoms with Gasteiger partial charge in [0.1, 0.15) is 13.2 Å². The highest BCUT2D eigenvalue weighted by atomic mass is 16.6. The van der Waals surface area contributed by atoms with E-state index < -0.39 is 6.10 Å². The Labute approximate surface area is 348 Å². The molecule has 0 unspecified atom stereocenters. The highest BCUT2D eigenvalue weighted by Crippen LogP contribution is 2.16. The van der Waals surface area contributed by atoms with Gasteiger partial charge in [0.25, 0.3) is 0 Å². The lowest BCUT2D eigenvalue weighted by Crippen LogP contribution is -2.30. The first kappa shape index (κ1) is 54.4. The minimum atomic E-state index is -0.757. The highest BCUT2D eigenvalue weighted by molar-refractivity contribution is 5.71. The fourth-order valence-electron chi connectivity index (χ4n) is 7.56. The number of hydrogen-bond donors (Lipinski definition) is 0. The molecule has 6 nitrogen and oxygen atoms in total. The molecule has 0 aromatic heterocycles. The summed E-state index contributed by atoms with van der Waals surface area (Å²) in [6, 6.07) is 0. The van der Waals surface area contributed by atoms with Crippen LogP contribution in [0.2, 0.25) is 0 Å². The van der Waals surface area contributed by atoms with Crippen molar-refractivity contribution in [1.82, 2.24) is 0 Å². The van der Waals surface area contributed by atoms with Crippen LogP contribution in [-0.4, -0.2) is 37.2 Å². The Hall–Kier alpha value is -1.59. The van der Waals surface area contributed by atoms with Gasteiger partial charge in [0.15, 0.2) is 6.10 Å². The summed E-state index contributed by atoms with van der Waals surface area (Å²) in [7, 11) is 0. The molecule has 332 valence electrons. The molecule has 0 fully saturated rings. The van der Waals surface area contributed by atoms with Crippen LogP contribution in [0.15, 0.2) is 0 Å². The molecule has 0 aromatic carbocycles. The van der Waals surface area contributed by atoms with Crippen molar-refractivity contribution in [2.24, 2.45) is 0 Å². The third kappa shape index (κ3) is 43.5. The summed E-state index contributed by atoms with van der Waals surface area (Å²) >= 11 is 0. The van der Waals surface area contributed by atoms with Gasteiger partial charge in [-0.15, -0.1) is 0 Å². The van der Waals surface area contributed by atoms with Crippen LogP contribution < -0.4 is 0 Å². The van der Waals surface area contributed by atoms with Crippen LogP contribution in [0.4, 0.5) is 0 Å². The van der Waals surface area contributed by atoms with Gasteiger partial charge in [0.2, 0.25) is 0 Å². The number of carbonyl (C=O) groups excluding carboxylic acids is 3. The normalized spacial score (nSPS) is 11.8. The Kier molecular flexibility index (Phi) is 44.8. The maximum atomic E-state index is 12.6. The maximum Gasteiger partial charge on any atom is 0.306 e. The topological polar surface area (TPSA) is 78.9 Å². The van der Waals surface area contributed by atoms with Gasteiger partial charge in [-0.2, -0.15) is 0 Å². The highest BCUT2D eigenvalue weighted by Gasteiger charge is 2.19. The zero-order chi connectivity index (χ0) is 40.8. The minimum Gasteiger partial charge on any atom is -0.462 e. The molecule has 56 heavy (non-hydrogen) atoms. The first-order valence-corrected chi connectivity index (χ1v) is 25.0. The predicted molar refractivity (Wildman–Crippen MR) is 238 cm³/mol. The number of unbranched alkanes of at least 4 members (excludes halogenated alkanes) is 35. The lowest BCUT2D eigenvalue weighted by Gasteiger charge is -2.18. The minimum absolute atomic E-state index is 0.0629. The van der Waals surface area contributed by atoms with E-state index in [9.17, 15) is 14.4 Å². The lowest BCUT2D eigenvalue weighted by atomic mass is 10.0. The Morgan fingerprint density at radius 3 is 0.714 bits per heavy atom. The number of ether oxygens (including phenoxy) is 3. The summed E-state index contributed by atoms with van der Waals surface area (Å²) in [4.78, 5) is 37.7. The summed E-state index contributed by atoms with van der Waals surface area (Å²) in [6.07, 6.45) is 48.2. The van der Waals surface area contributed by atoms with E-state index in [1.807, 2.05) is 0 Å². The van der Waals surface area contributed by atoms with Gasteiger partial charge in [-0.1, -0.05) is 245 Å².